The summed E-state index contributed by atoms with van der Waals surface area (Å²) >= 11 is 0. The second-order valence-electron chi connectivity index (χ2n) is 5.24. The Morgan fingerprint density at radius 3 is 2.53 bits per heavy atom. The third kappa shape index (κ3) is 3.97. The number of nitrogens with zero attached hydrogens (tertiary/aromatic N) is 1. The predicted molar refractivity (Wildman–Crippen MR) is 70.3 cm³/mol. The van der Waals surface area contributed by atoms with Gasteiger partial charge in [-0.2, -0.15) is 0 Å². The summed E-state index contributed by atoms with van der Waals surface area (Å²) in [6.07, 6.45) is 3.37. The summed E-state index contributed by atoms with van der Waals surface area (Å²) in [5.74, 6) is 1.15. The van der Waals surface area contributed by atoms with Crippen molar-refractivity contribution in [2.75, 3.05) is 20.1 Å². The Bertz CT molecular complexity index is 378. The number of aryl methyl sites for hydroxylation is 1. The fourth-order valence-corrected chi connectivity index (χ4v) is 2.01. The van der Waals surface area contributed by atoms with Crippen LogP contribution in [0.2, 0.25) is 0 Å². The highest BCUT2D eigenvalue weighted by molar-refractivity contribution is 5.96. The van der Waals surface area contributed by atoms with Crippen LogP contribution in [0.1, 0.15) is 35.2 Å². The number of carbonyl (C=O) groups is 1. The van der Waals surface area contributed by atoms with Crippen molar-refractivity contribution in [1.82, 2.24) is 4.90 Å². The molecule has 1 fully saturated rings. The summed E-state index contributed by atoms with van der Waals surface area (Å²) in [5.41, 5.74) is 2.04. The van der Waals surface area contributed by atoms with Crippen molar-refractivity contribution in [3.8, 4) is 0 Å². The average molecular weight is 231 g/mol. The molecule has 0 atom stereocenters. The molecule has 0 heterocycles. The van der Waals surface area contributed by atoms with Crippen LogP contribution in [0.15, 0.2) is 24.3 Å². The van der Waals surface area contributed by atoms with Crippen LogP contribution >= 0.6 is 0 Å². The number of carbonyl (C=O) groups excluding carboxylic acids is 1. The van der Waals surface area contributed by atoms with Crippen molar-refractivity contribution in [2.45, 2.75) is 26.2 Å². The van der Waals surface area contributed by atoms with Gasteiger partial charge in [0.15, 0.2) is 5.78 Å². The third-order valence-corrected chi connectivity index (χ3v) is 3.36. The minimum atomic E-state index is 0.257. The number of benzene rings is 1. The van der Waals surface area contributed by atoms with Crippen molar-refractivity contribution < 1.29 is 4.79 Å². The number of hydrogen-bond acceptors (Lipinski definition) is 2. The molecule has 0 unspecified atom stereocenters. The van der Waals surface area contributed by atoms with Crippen molar-refractivity contribution in [3.63, 3.8) is 0 Å². The van der Waals surface area contributed by atoms with Crippen LogP contribution in [0.3, 0.4) is 0 Å². The van der Waals surface area contributed by atoms with Crippen molar-refractivity contribution in [2.24, 2.45) is 5.92 Å². The summed E-state index contributed by atoms with van der Waals surface area (Å²) in [6.45, 7) is 4.07. The monoisotopic (exact) mass is 231 g/mol. The van der Waals surface area contributed by atoms with E-state index in [4.69, 9.17) is 0 Å². The predicted octanol–water partition coefficient (Wildman–Crippen LogP) is 2.91. The maximum absolute atomic E-state index is 11.9. The molecule has 0 aliphatic heterocycles. The second kappa shape index (κ2) is 5.46. The van der Waals surface area contributed by atoms with Crippen LogP contribution in [0.25, 0.3) is 0 Å². The lowest BCUT2D eigenvalue weighted by Crippen LogP contribution is -2.24. The van der Waals surface area contributed by atoms with Crippen LogP contribution in [-0.4, -0.2) is 30.8 Å². The summed E-state index contributed by atoms with van der Waals surface area (Å²) in [5, 5.41) is 0. The molecule has 0 radical (unpaired) electrons. The quantitative estimate of drug-likeness (QED) is 0.702. The molecule has 1 aromatic rings. The molecular formula is C15H21NO. The Hall–Kier alpha value is -1.15. The van der Waals surface area contributed by atoms with Gasteiger partial charge < -0.3 is 4.90 Å². The molecule has 17 heavy (non-hydrogen) atoms. The average Bonchev–Trinajstić information content (AvgIpc) is 3.11. The molecule has 2 nitrogen and oxygen atoms in total. The third-order valence-electron chi connectivity index (χ3n) is 3.36. The Morgan fingerprint density at radius 2 is 1.94 bits per heavy atom. The van der Waals surface area contributed by atoms with Gasteiger partial charge in [-0.3, -0.25) is 4.79 Å². The minimum absolute atomic E-state index is 0.257. The Balaban J connectivity index is 1.77. The molecule has 0 N–H and O–H groups in total. The van der Waals surface area contributed by atoms with E-state index in [0.29, 0.717) is 6.42 Å². The number of Topliss-reactive ketones (excluding diaryl/α,β-unsaturated/α-hetero) is 1. The van der Waals surface area contributed by atoms with E-state index in [1.54, 1.807) is 0 Å². The van der Waals surface area contributed by atoms with Gasteiger partial charge in [0.05, 0.1) is 0 Å². The van der Waals surface area contributed by atoms with E-state index in [1.807, 2.05) is 31.2 Å². The molecule has 0 amide bonds. The molecule has 2 rings (SSSR count). The molecule has 1 saturated carbocycles. The SMILES string of the molecule is Cc1ccc(C(=O)CCN(C)CC2CC2)cc1. The molecule has 0 saturated heterocycles. The van der Waals surface area contributed by atoms with Gasteiger partial charge in [0.1, 0.15) is 0 Å². The lowest BCUT2D eigenvalue weighted by Gasteiger charge is -2.15. The standard InChI is InChI=1S/C15H21NO/c1-12-3-7-14(8-4-12)15(17)9-10-16(2)11-13-5-6-13/h3-4,7-8,13H,5-6,9-11H2,1-2H3. The highest BCUT2D eigenvalue weighted by Gasteiger charge is 2.22. The summed E-state index contributed by atoms with van der Waals surface area (Å²) < 4.78 is 0. The zero-order valence-corrected chi connectivity index (χ0v) is 10.8. The van der Waals surface area contributed by atoms with E-state index in [-0.39, 0.29) is 5.78 Å². The molecule has 92 valence electrons. The molecular weight excluding hydrogens is 210 g/mol. The maximum atomic E-state index is 11.9. The smallest absolute Gasteiger partial charge is 0.164 e. The lowest BCUT2D eigenvalue weighted by molar-refractivity contribution is 0.0968. The van der Waals surface area contributed by atoms with Crippen LogP contribution in [0, 0.1) is 12.8 Å². The molecule has 1 aromatic carbocycles. The first-order valence-electron chi connectivity index (χ1n) is 6.43. The van der Waals surface area contributed by atoms with E-state index < -0.39 is 0 Å². The van der Waals surface area contributed by atoms with Crippen LogP contribution in [-0.2, 0) is 0 Å². The largest absolute Gasteiger partial charge is 0.306 e. The molecule has 1 aliphatic carbocycles. The second-order valence-corrected chi connectivity index (χ2v) is 5.24. The Kier molecular flexibility index (Phi) is 3.95. The minimum Gasteiger partial charge on any atom is -0.306 e. The molecule has 0 spiro atoms. The number of rotatable bonds is 6. The molecule has 0 bridgehead atoms. The van der Waals surface area contributed by atoms with E-state index >= 15 is 0 Å². The van der Waals surface area contributed by atoms with Gasteiger partial charge in [-0.1, -0.05) is 29.8 Å². The first-order chi connectivity index (χ1) is 8.15. The lowest BCUT2D eigenvalue weighted by atomic mass is 10.1. The topological polar surface area (TPSA) is 20.3 Å². The number of hydrogen-bond donors (Lipinski definition) is 0. The molecule has 0 aromatic heterocycles. The van der Waals surface area contributed by atoms with Crippen LogP contribution in [0.5, 0.6) is 0 Å². The van der Waals surface area contributed by atoms with Crippen LogP contribution < -0.4 is 0 Å². The van der Waals surface area contributed by atoms with Gasteiger partial charge in [0.25, 0.3) is 0 Å². The van der Waals surface area contributed by atoms with Gasteiger partial charge in [0.2, 0.25) is 0 Å². The zero-order valence-electron chi connectivity index (χ0n) is 10.8. The van der Waals surface area contributed by atoms with Crippen molar-refractivity contribution in [1.29, 1.82) is 0 Å². The van der Waals surface area contributed by atoms with Gasteiger partial charge in [0, 0.05) is 25.1 Å². The van der Waals surface area contributed by atoms with Crippen molar-refractivity contribution >= 4 is 5.78 Å². The highest BCUT2D eigenvalue weighted by atomic mass is 16.1. The Labute approximate surface area is 104 Å². The summed E-state index contributed by atoms with van der Waals surface area (Å²) in [7, 11) is 2.11. The zero-order chi connectivity index (χ0) is 12.3. The Morgan fingerprint density at radius 1 is 1.29 bits per heavy atom. The van der Waals surface area contributed by atoms with E-state index in [9.17, 15) is 4.79 Å². The van der Waals surface area contributed by atoms with Gasteiger partial charge in [-0.05, 0) is 32.7 Å². The van der Waals surface area contributed by atoms with Gasteiger partial charge >= 0.3 is 0 Å². The maximum Gasteiger partial charge on any atom is 0.164 e. The normalized spacial score (nSPS) is 15.2. The fourth-order valence-electron chi connectivity index (χ4n) is 2.01. The van der Waals surface area contributed by atoms with E-state index in [0.717, 1.165) is 24.6 Å². The van der Waals surface area contributed by atoms with Crippen LogP contribution in [0.4, 0.5) is 0 Å². The molecule has 2 heteroatoms. The van der Waals surface area contributed by atoms with Crippen molar-refractivity contribution in [3.05, 3.63) is 35.4 Å². The molecule has 1 aliphatic rings. The summed E-state index contributed by atoms with van der Waals surface area (Å²) in [4.78, 5) is 14.2. The highest BCUT2D eigenvalue weighted by Crippen LogP contribution is 2.29. The number of ketones is 1. The van der Waals surface area contributed by atoms with E-state index in [2.05, 4.69) is 11.9 Å². The first kappa shape index (κ1) is 12.3. The van der Waals surface area contributed by atoms with Gasteiger partial charge in [-0.25, -0.2) is 0 Å². The first-order valence-corrected chi connectivity index (χ1v) is 6.43. The van der Waals surface area contributed by atoms with Gasteiger partial charge in [-0.15, -0.1) is 0 Å². The van der Waals surface area contributed by atoms with E-state index in [1.165, 1.54) is 18.4 Å². The fraction of sp³-hybridized carbons (Fsp3) is 0.533. The summed E-state index contributed by atoms with van der Waals surface area (Å²) in [6, 6.07) is 7.86.